The van der Waals surface area contributed by atoms with E-state index in [0.717, 1.165) is 50.9 Å². The Morgan fingerprint density at radius 1 is 0.878 bits per heavy atom. The zero-order valence-electron chi connectivity index (χ0n) is 24.7. The molecule has 3 rings (SSSR count). The monoisotopic (exact) mass is 628 g/mol. The van der Waals surface area contributed by atoms with E-state index < -0.39 is 10.0 Å². The van der Waals surface area contributed by atoms with Crippen LogP contribution in [0.3, 0.4) is 0 Å². The molecule has 0 bridgehead atoms. The highest BCUT2D eigenvalue weighted by Gasteiger charge is 2.22. The van der Waals surface area contributed by atoms with Crippen LogP contribution in [0.25, 0.3) is 11.0 Å². The molecular formula is C31H46Cl2N2O5S. The molecule has 2 aromatic carbocycles. The number of fused-ring (bicyclic) bond motifs is 1. The number of halogens is 2. The maximum atomic E-state index is 13.7. The Hall–Kier alpha value is -2.26. The average molecular weight is 630 g/mol. The number of nitrogens with one attached hydrogen (secondary N) is 1. The number of unbranched alkanes of at least 4 members (excludes halogenated alkanes) is 3. The predicted octanol–water partition coefficient (Wildman–Crippen LogP) is 7.89. The first-order valence-corrected chi connectivity index (χ1v) is 16.2. The van der Waals surface area contributed by atoms with Gasteiger partial charge in [0.25, 0.3) is 0 Å². The Morgan fingerprint density at radius 2 is 1.49 bits per heavy atom. The molecule has 1 heterocycles. The van der Waals surface area contributed by atoms with Gasteiger partial charge in [-0.25, -0.2) is 8.42 Å². The van der Waals surface area contributed by atoms with Crippen LogP contribution in [0.2, 0.25) is 0 Å². The highest BCUT2D eigenvalue weighted by Crippen LogP contribution is 2.32. The molecule has 0 aliphatic heterocycles. The number of carbonyl (C=O) groups is 1. The van der Waals surface area contributed by atoms with Crippen LogP contribution < -0.4 is 9.46 Å². The van der Waals surface area contributed by atoms with Gasteiger partial charge < -0.3 is 14.1 Å². The van der Waals surface area contributed by atoms with Crippen molar-refractivity contribution >= 4 is 57.3 Å². The quantitative estimate of drug-likeness (QED) is 0.114. The van der Waals surface area contributed by atoms with Crippen LogP contribution in [0.5, 0.6) is 5.75 Å². The molecule has 0 fully saturated rings. The van der Waals surface area contributed by atoms with Crippen molar-refractivity contribution < 1.29 is 22.4 Å². The van der Waals surface area contributed by atoms with Crippen molar-refractivity contribution in [2.75, 3.05) is 37.2 Å². The molecule has 0 aliphatic carbocycles. The summed E-state index contributed by atoms with van der Waals surface area (Å²) in [6.07, 6.45) is 9.40. The Kier molecular flexibility index (Phi) is 16.4. The lowest BCUT2D eigenvalue weighted by Gasteiger charge is -2.21. The van der Waals surface area contributed by atoms with Gasteiger partial charge in [-0.15, -0.1) is 24.8 Å². The van der Waals surface area contributed by atoms with Gasteiger partial charge in [0, 0.05) is 29.6 Å². The van der Waals surface area contributed by atoms with E-state index in [1.807, 2.05) is 12.1 Å². The zero-order valence-corrected chi connectivity index (χ0v) is 27.2. The normalized spacial score (nSPS) is 11.2. The third-order valence-corrected chi connectivity index (χ3v) is 7.31. The topological polar surface area (TPSA) is 88.8 Å². The SMILES string of the molecule is CCCCc1oc2ccc(NS(C)(=O)=O)cc2c1C(=O)c1ccc(OCCCN(CCCC)CCCC)cc1.Cl.Cl. The van der Waals surface area contributed by atoms with Crippen molar-refractivity contribution in [1.29, 1.82) is 0 Å². The lowest BCUT2D eigenvalue weighted by atomic mass is 9.98. The molecule has 0 unspecified atom stereocenters. The van der Waals surface area contributed by atoms with Crippen LogP contribution in [0.15, 0.2) is 46.9 Å². The summed E-state index contributed by atoms with van der Waals surface area (Å²) < 4.78 is 38.0. The highest BCUT2D eigenvalue weighted by molar-refractivity contribution is 7.92. The van der Waals surface area contributed by atoms with Gasteiger partial charge in [0.05, 0.1) is 18.4 Å². The smallest absolute Gasteiger partial charge is 0.229 e. The van der Waals surface area contributed by atoms with Crippen LogP contribution >= 0.6 is 24.8 Å². The number of aryl methyl sites for hydroxylation is 1. The molecular weight excluding hydrogens is 583 g/mol. The summed E-state index contributed by atoms with van der Waals surface area (Å²) in [6.45, 7) is 10.5. The standard InChI is InChI=1S/C31H44N2O5S.2ClH/c1-5-8-12-29-30(27-23-25(32-39(4,35)36)15-18-28(27)38-29)31(34)24-13-16-26(17-14-24)37-22-11-21-33(19-9-6-2)20-10-7-3;;/h13-18,23,32H,5-12,19-22H2,1-4H3;2*1H. The number of furan rings is 1. The van der Waals surface area contributed by atoms with Crippen molar-refractivity contribution in [3.05, 3.63) is 59.4 Å². The van der Waals surface area contributed by atoms with E-state index in [1.165, 1.54) is 25.7 Å². The van der Waals surface area contributed by atoms with E-state index >= 15 is 0 Å². The van der Waals surface area contributed by atoms with Crippen molar-refractivity contribution in [3.8, 4) is 5.75 Å². The van der Waals surface area contributed by atoms with E-state index in [1.54, 1.807) is 30.3 Å². The molecule has 10 heteroatoms. The van der Waals surface area contributed by atoms with Gasteiger partial charge >= 0.3 is 0 Å². The predicted molar refractivity (Wildman–Crippen MR) is 174 cm³/mol. The average Bonchev–Trinajstić information content (AvgIpc) is 3.27. The van der Waals surface area contributed by atoms with Gasteiger partial charge in [0.1, 0.15) is 17.1 Å². The third-order valence-electron chi connectivity index (χ3n) is 6.71. The molecule has 1 aromatic heterocycles. The lowest BCUT2D eigenvalue weighted by molar-refractivity contribution is 0.103. The minimum Gasteiger partial charge on any atom is -0.494 e. The second-order valence-corrected chi connectivity index (χ2v) is 11.9. The summed E-state index contributed by atoms with van der Waals surface area (Å²) in [7, 11) is -3.45. The minimum absolute atomic E-state index is 0. The number of sulfonamides is 1. The van der Waals surface area contributed by atoms with Crippen LogP contribution in [0.4, 0.5) is 5.69 Å². The van der Waals surface area contributed by atoms with Crippen LogP contribution in [-0.2, 0) is 16.4 Å². The summed E-state index contributed by atoms with van der Waals surface area (Å²) in [4.78, 5) is 16.2. The summed E-state index contributed by atoms with van der Waals surface area (Å²) in [5.74, 6) is 1.22. The number of carbonyl (C=O) groups excluding carboxylic acids is 1. The van der Waals surface area contributed by atoms with E-state index in [2.05, 4.69) is 30.4 Å². The van der Waals surface area contributed by atoms with Gasteiger partial charge in [0.2, 0.25) is 10.0 Å². The van der Waals surface area contributed by atoms with Gasteiger partial charge in [-0.1, -0.05) is 40.0 Å². The third kappa shape index (κ3) is 11.5. The molecule has 41 heavy (non-hydrogen) atoms. The molecule has 0 spiro atoms. The molecule has 3 aromatic rings. The van der Waals surface area contributed by atoms with Crippen molar-refractivity contribution in [1.82, 2.24) is 4.90 Å². The van der Waals surface area contributed by atoms with E-state index in [9.17, 15) is 13.2 Å². The molecule has 1 N–H and O–H groups in total. The Labute approximate surface area is 258 Å². The fraction of sp³-hybridized carbons (Fsp3) is 0.516. The van der Waals surface area contributed by atoms with E-state index in [-0.39, 0.29) is 30.6 Å². The number of nitrogens with zero attached hydrogens (tertiary/aromatic N) is 1. The van der Waals surface area contributed by atoms with Crippen LogP contribution in [-0.4, -0.2) is 51.6 Å². The number of hydrogen-bond donors (Lipinski definition) is 1. The second-order valence-electron chi connectivity index (χ2n) is 10.2. The molecule has 230 valence electrons. The largest absolute Gasteiger partial charge is 0.494 e. The first kappa shape index (κ1) is 36.8. The zero-order chi connectivity index (χ0) is 28.3. The number of anilines is 1. The Balaban J connectivity index is 0.00000420. The van der Waals surface area contributed by atoms with Crippen molar-refractivity contribution in [2.24, 2.45) is 0 Å². The Bertz CT molecular complexity index is 1300. The summed E-state index contributed by atoms with van der Waals surface area (Å²) >= 11 is 0. The number of hydrogen-bond acceptors (Lipinski definition) is 6. The minimum atomic E-state index is -3.45. The Morgan fingerprint density at radius 3 is 2.07 bits per heavy atom. The van der Waals surface area contributed by atoms with Crippen LogP contribution in [0.1, 0.15) is 87.4 Å². The highest BCUT2D eigenvalue weighted by atomic mass is 35.5. The first-order valence-electron chi connectivity index (χ1n) is 14.3. The van der Waals surface area contributed by atoms with Gasteiger partial charge in [-0.2, -0.15) is 0 Å². The fourth-order valence-electron chi connectivity index (χ4n) is 4.61. The molecule has 0 aliphatic rings. The summed E-state index contributed by atoms with van der Waals surface area (Å²) in [6, 6.07) is 12.3. The number of ketones is 1. The summed E-state index contributed by atoms with van der Waals surface area (Å²) in [5.41, 5.74) is 1.99. The molecule has 0 atom stereocenters. The lowest BCUT2D eigenvalue weighted by Crippen LogP contribution is -2.28. The molecule has 0 amide bonds. The molecule has 7 nitrogen and oxygen atoms in total. The molecule has 0 saturated heterocycles. The molecule has 0 saturated carbocycles. The number of ether oxygens (including phenoxy) is 1. The number of rotatable bonds is 18. The van der Waals surface area contributed by atoms with Crippen molar-refractivity contribution in [3.63, 3.8) is 0 Å². The second kappa shape index (κ2) is 18.3. The number of benzene rings is 2. The first-order chi connectivity index (χ1) is 18.8. The van der Waals surface area contributed by atoms with Crippen LogP contribution in [0, 0.1) is 0 Å². The molecule has 0 radical (unpaired) electrons. The van der Waals surface area contributed by atoms with Crippen molar-refractivity contribution in [2.45, 2.75) is 72.1 Å². The fourth-order valence-corrected chi connectivity index (χ4v) is 5.17. The van der Waals surface area contributed by atoms with E-state index in [4.69, 9.17) is 9.15 Å². The van der Waals surface area contributed by atoms with Gasteiger partial charge in [0.15, 0.2) is 5.78 Å². The summed E-state index contributed by atoms with van der Waals surface area (Å²) in [5, 5.41) is 0.607. The van der Waals surface area contributed by atoms with Gasteiger partial charge in [-0.05, 0) is 81.2 Å². The maximum Gasteiger partial charge on any atom is 0.229 e. The maximum absolute atomic E-state index is 13.7. The van der Waals surface area contributed by atoms with E-state index in [0.29, 0.717) is 46.6 Å². The van der Waals surface area contributed by atoms with Gasteiger partial charge in [-0.3, -0.25) is 9.52 Å².